The van der Waals surface area contributed by atoms with Gasteiger partial charge in [-0.1, -0.05) is 24.6 Å². The number of sulfonamides is 1. The van der Waals surface area contributed by atoms with Crippen molar-refractivity contribution < 1.29 is 13.5 Å². The Morgan fingerprint density at radius 3 is 2.48 bits per heavy atom. The average molecular weight is 332 g/mol. The Morgan fingerprint density at radius 2 is 1.90 bits per heavy atom. The molecule has 21 heavy (non-hydrogen) atoms. The van der Waals surface area contributed by atoms with Crippen molar-refractivity contribution in [2.45, 2.75) is 50.2 Å². The first kappa shape index (κ1) is 16.7. The molecule has 1 N–H and O–H groups in total. The maximum Gasteiger partial charge on any atom is 0.244 e. The summed E-state index contributed by atoms with van der Waals surface area (Å²) < 4.78 is 27.0. The normalized spacial score (nSPS) is 23.5. The molecule has 1 fully saturated rings. The monoisotopic (exact) mass is 331 g/mol. The SMILES string of the molecule is CC1CCC(N(C)S(=O)(=O)c2cc(CO)ccc2Cl)CC1. The third-order valence-electron chi connectivity index (χ3n) is 4.33. The van der Waals surface area contributed by atoms with Crippen LogP contribution in [0.2, 0.25) is 5.02 Å². The van der Waals surface area contributed by atoms with Crippen LogP contribution < -0.4 is 0 Å². The van der Waals surface area contributed by atoms with E-state index in [1.165, 1.54) is 16.4 Å². The molecule has 0 aliphatic heterocycles. The number of hydrogen-bond acceptors (Lipinski definition) is 3. The van der Waals surface area contributed by atoms with E-state index in [0.29, 0.717) is 11.5 Å². The minimum atomic E-state index is -3.63. The van der Waals surface area contributed by atoms with Gasteiger partial charge < -0.3 is 5.11 Å². The number of aliphatic hydroxyl groups is 1. The molecule has 0 radical (unpaired) electrons. The standard InChI is InChI=1S/C15H22ClNO3S/c1-11-3-6-13(7-4-11)17(2)21(19,20)15-9-12(10-18)5-8-14(15)16/h5,8-9,11,13,18H,3-4,6-7,10H2,1-2H3. The molecule has 1 saturated carbocycles. The zero-order chi connectivity index (χ0) is 15.6. The molecule has 0 bridgehead atoms. The van der Waals surface area contributed by atoms with E-state index in [9.17, 15) is 13.5 Å². The quantitative estimate of drug-likeness (QED) is 0.922. The third-order valence-corrected chi connectivity index (χ3v) is 6.73. The molecule has 1 aliphatic rings. The van der Waals surface area contributed by atoms with Gasteiger partial charge in [-0.15, -0.1) is 0 Å². The highest BCUT2D eigenvalue weighted by molar-refractivity contribution is 7.89. The van der Waals surface area contributed by atoms with E-state index >= 15 is 0 Å². The molecule has 0 atom stereocenters. The molecule has 1 aromatic carbocycles. The predicted octanol–water partition coefficient (Wildman–Crippen LogP) is 3.03. The van der Waals surface area contributed by atoms with Crippen molar-refractivity contribution in [2.75, 3.05) is 7.05 Å². The van der Waals surface area contributed by atoms with E-state index < -0.39 is 10.0 Å². The van der Waals surface area contributed by atoms with Gasteiger partial charge in [-0.3, -0.25) is 0 Å². The van der Waals surface area contributed by atoms with Crippen LogP contribution in [0.15, 0.2) is 23.1 Å². The highest BCUT2D eigenvalue weighted by atomic mass is 35.5. The summed E-state index contributed by atoms with van der Waals surface area (Å²) >= 11 is 6.06. The van der Waals surface area contributed by atoms with Gasteiger partial charge in [-0.2, -0.15) is 4.31 Å². The third kappa shape index (κ3) is 3.59. The van der Waals surface area contributed by atoms with E-state index in [4.69, 9.17) is 11.6 Å². The van der Waals surface area contributed by atoms with E-state index in [0.717, 1.165) is 25.7 Å². The van der Waals surface area contributed by atoms with Crippen LogP contribution in [0, 0.1) is 5.92 Å². The van der Waals surface area contributed by atoms with Gasteiger partial charge in [-0.25, -0.2) is 8.42 Å². The first-order valence-electron chi connectivity index (χ1n) is 7.23. The Labute approximate surface area is 131 Å². The van der Waals surface area contributed by atoms with E-state index in [1.807, 2.05) is 0 Å². The first-order valence-corrected chi connectivity index (χ1v) is 9.05. The summed E-state index contributed by atoms with van der Waals surface area (Å²) in [7, 11) is -2.01. The van der Waals surface area contributed by atoms with Crippen molar-refractivity contribution in [1.82, 2.24) is 4.31 Å². The van der Waals surface area contributed by atoms with E-state index in [-0.39, 0.29) is 22.6 Å². The van der Waals surface area contributed by atoms with Crippen LogP contribution >= 0.6 is 11.6 Å². The Hall–Kier alpha value is -0.620. The Kier molecular flexibility index (Phi) is 5.30. The average Bonchev–Trinajstić information content (AvgIpc) is 2.47. The van der Waals surface area contributed by atoms with Crippen molar-refractivity contribution in [3.8, 4) is 0 Å². The van der Waals surface area contributed by atoms with Crippen molar-refractivity contribution in [3.05, 3.63) is 28.8 Å². The second-order valence-electron chi connectivity index (χ2n) is 5.86. The summed E-state index contributed by atoms with van der Waals surface area (Å²) in [6.45, 7) is 2.00. The lowest BCUT2D eigenvalue weighted by atomic mass is 9.87. The van der Waals surface area contributed by atoms with Crippen molar-refractivity contribution >= 4 is 21.6 Å². The van der Waals surface area contributed by atoms with Gasteiger partial charge in [0.2, 0.25) is 10.0 Å². The van der Waals surface area contributed by atoms with Crippen LogP contribution in [0.25, 0.3) is 0 Å². The molecule has 0 heterocycles. The van der Waals surface area contributed by atoms with Crippen molar-refractivity contribution in [3.63, 3.8) is 0 Å². The molecule has 1 aliphatic carbocycles. The predicted molar refractivity (Wildman–Crippen MR) is 83.7 cm³/mol. The van der Waals surface area contributed by atoms with Crippen molar-refractivity contribution in [2.24, 2.45) is 5.92 Å². The van der Waals surface area contributed by atoms with Crippen LogP contribution in [0.1, 0.15) is 38.2 Å². The summed E-state index contributed by atoms with van der Waals surface area (Å²) in [6, 6.07) is 4.64. The molecule has 2 rings (SSSR count). The molecule has 6 heteroatoms. The number of halogens is 1. The van der Waals surface area contributed by atoms with Crippen LogP contribution in [0.5, 0.6) is 0 Å². The molecule has 4 nitrogen and oxygen atoms in total. The van der Waals surface area contributed by atoms with Crippen LogP contribution in [-0.4, -0.2) is 30.9 Å². The van der Waals surface area contributed by atoms with E-state index in [2.05, 4.69) is 6.92 Å². The second-order valence-corrected chi connectivity index (χ2v) is 8.23. The molecule has 0 aromatic heterocycles. The highest BCUT2D eigenvalue weighted by Crippen LogP contribution is 2.32. The molecule has 1 aromatic rings. The molecule has 0 spiro atoms. The summed E-state index contributed by atoms with van der Waals surface area (Å²) in [5.41, 5.74) is 0.545. The van der Waals surface area contributed by atoms with Crippen molar-refractivity contribution in [1.29, 1.82) is 0 Å². The van der Waals surface area contributed by atoms with Crippen LogP contribution in [0.4, 0.5) is 0 Å². The number of aliphatic hydroxyl groups excluding tert-OH is 1. The molecular weight excluding hydrogens is 310 g/mol. The zero-order valence-corrected chi connectivity index (χ0v) is 14.0. The van der Waals surface area contributed by atoms with Gasteiger partial charge in [0, 0.05) is 13.1 Å². The fourth-order valence-electron chi connectivity index (χ4n) is 2.80. The molecular formula is C15H22ClNO3S. The van der Waals surface area contributed by atoms with Crippen LogP contribution in [-0.2, 0) is 16.6 Å². The lowest BCUT2D eigenvalue weighted by Gasteiger charge is -2.33. The Balaban J connectivity index is 2.29. The summed E-state index contributed by atoms with van der Waals surface area (Å²) in [5.74, 6) is 0.665. The van der Waals surface area contributed by atoms with Gasteiger partial charge in [0.1, 0.15) is 4.90 Å². The molecule has 0 unspecified atom stereocenters. The number of hydrogen-bond donors (Lipinski definition) is 1. The maximum atomic E-state index is 12.8. The fraction of sp³-hybridized carbons (Fsp3) is 0.600. The van der Waals surface area contributed by atoms with Gasteiger partial charge >= 0.3 is 0 Å². The molecule has 118 valence electrons. The largest absolute Gasteiger partial charge is 0.392 e. The number of benzene rings is 1. The molecule has 0 amide bonds. The topological polar surface area (TPSA) is 57.6 Å². The van der Waals surface area contributed by atoms with E-state index in [1.54, 1.807) is 13.1 Å². The van der Waals surface area contributed by atoms with Gasteiger partial charge in [0.05, 0.1) is 11.6 Å². The lowest BCUT2D eigenvalue weighted by molar-refractivity contribution is 0.246. The Morgan fingerprint density at radius 1 is 1.29 bits per heavy atom. The minimum absolute atomic E-state index is 0.0278. The van der Waals surface area contributed by atoms with Crippen LogP contribution in [0.3, 0.4) is 0 Å². The van der Waals surface area contributed by atoms with Gasteiger partial charge in [-0.05, 0) is 49.3 Å². The Bertz CT molecular complexity index is 595. The lowest BCUT2D eigenvalue weighted by Crippen LogP contribution is -2.39. The zero-order valence-electron chi connectivity index (χ0n) is 12.4. The second kappa shape index (κ2) is 6.65. The summed E-state index contributed by atoms with van der Waals surface area (Å²) in [4.78, 5) is 0.0804. The fourth-order valence-corrected chi connectivity index (χ4v) is 4.74. The number of rotatable bonds is 4. The minimum Gasteiger partial charge on any atom is -0.392 e. The molecule has 0 saturated heterocycles. The maximum absolute atomic E-state index is 12.8. The summed E-state index contributed by atoms with van der Waals surface area (Å²) in [6.07, 6.45) is 3.87. The first-order chi connectivity index (χ1) is 9.86. The number of nitrogens with zero attached hydrogens (tertiary/aromatic N) is 1. The smallest absolute Gasteiger partial charge is 0.244 e. The highest BCUT2D eigenvalue weighted by Gasteiger charge is 2.31. The summed E-state index contributed by atoms with van der Waals surface area (Å²) in [5, 5.41) is 9.38. The van der Waals surface area contributed by atoms with Gasteiger partial charge in [0.15, 0.2) is 0 Å². The van der Waals surface area contributed by atoms with Gasteiger partial charge in [0.25, 0.3) is 0 Å².